The van der Waals surface area contributed by atoms with Gasteiger partial charge in [0.05, 0.1) is 16.0 Å². The van der Waals surface area contributed by atoms with Crippen LogP contribution in [-0.4, -0.2) is 23.9 Å². The standard InChI is InChI=1S/C15H13N5O3/c16-18-17-8-10-7-15(21)19(9-10)13-5-6-14(20(22)23)12-4-2-1-3-11(12)13/h1-6,10H,7-9H2. The van der Waals surface area contributed by atoms with Crippen LogP contribution in [0.15, 0.2) is 41.5 Å². The average molecular weight is 311 g/mol. The van der Waals surface area contributed by atoms with E-state index in [-0.39, 0.29) is 24.1 Å². The highest BCUT2D eigenvalue weighted by atomic mass is 16.6. The number of nitrogens with zero attached hydrogens (tertiary/aromatic N) is 5. The third-order valence-electron chi connectivity index (χ3n) is 3.97. The van der Waals surface area contributed by atoms with E-state index in [0.29, 0.717) is 29.4 Å². The Labute approximate surface area is 131 Å². The van der Waals surface area contributed by atoms with Gasteiger partial charge in [0.2, 0.25) is 5.91 Å². The zero-order valence-corrected chi connectivity index (χ0v) is 12.1. The van der Waals surface area contributed by atoms with Crippen molar-refractivity contribution in [1.29, 1.82) is 0 Å². The Kier molecular flexibility index (Phi) is 3.82. The molecule has 0 saturated carbocycles. The van der Waals surface area contributed by atoms with Crippen molar-refractivity contribution in [1.82, 2.24) is 0 Å². The van der Waals surface area contributed by atoms with Crippen LogP contribution in [0.3, 0.4) is 0 Å². The normalized spacial score (nSPS) is 17.3. The highest BCUT2D eigenvalue weighted by Crippen LogP contribution is 2.36. The first-order valence-corrected chi connectivity index (χ1v) is 7.09. The molecule has 2 aromatic rings. The molecule has 2 aromatic carbocycles. The van der Waals surface area contributed by atoms with Crippen LogP contribution in [0.1, 0.15) is 6.42 Å². The molecule has 1 saturated heterocycles. The maximum Gasteiger partial charge on any atom is 0.277 e. The number of carbonyl (C=O) groups excluding carboxylic acids is 1. The van der Waals surface area contributed by atoms with E-state index in [2.05, 4.69) is 10.0 Å². The summed E-state index contributed by atoms with van der Waals surface area (Å²) in [5, 5.41) is 15.9. The van der Waals surface area contributed by atoms with Gasteiger partial charge in [-0.2, -0.15) is 0 Å². The molecule has 0 aliphatic carbocycles. The summed E-state index contributed by atoms with van der Waals surface area (Å²) in [4.78, 5) is 27.3. The molecule has 0 radical (unpaired) electrons. The lowest BCUT2D eigenvalue weighted by Crippen LogP contribution is -2.25. The number of non-ortho nitro benzene ring substituents is 1. The van der Waals surface area contributed by atoms with E-state index in [9.17, 15) is 14.9 Å². The summed E-state index contributed by atoms with van der Waals surface area (Å²) in [6, 6.07) is 9.99. The molecule has 0 bridgehead atoms. The summed E-state index contributed by atoms with van der Waals surface area (Å²) >= 11 is 0. The molecule has 116 valence electrons. The van der Waals surface area contributed by atoms with Crippen molar-refractivity contribution in [2.45, 2.75) is 6.42 Å². The Bertz CT molecular complexity index is 844. The molecule has 1 aliphatic heterocycles. The van der Waals surface area contributed by atoms with Gasteiger partial charge in [-0.3, -0.25) is 14.9 Å². The zero-order valence-electron chi connectivity index (χ0n) is 12.1. The first kappa shape index (κ1) is 14.8. The van der Waals surface area contributed by atoms with E-state index in [1.807, 2.05) is 0 Å². The van der Waals surface area contributed by atoms with Gasteiger partial charge in [-0.15, -0.1) is 0 Å². The van der Waals surface area contributed by atoms with Crippen molar-refractivity contribution in [3.8, 4) is 0 Å². The second kappa shape index (κ2) is 5.94. The van der Waals surface area contributed by atoms with Gasteiger partial charge in [0.25, 0.3) is 5.69 Å². The number of azide groups is 1. The summed E-state index contributed by atoms with van der Waals surface area (Å²) < 4.78 is 0. The molecule has 0 aromatic heterocycles. The molecule has 0 N–H and O–H groups in total. The Morgan fingerprint density at radius 1 is 1.30 bits per heavy atom. The molecule has 8 nitrogen and oxygen atoms in total. The minimum Gasteiger partial charge on any atom is -0.311 e. The minimum absolute atomic E-state index is 0.0154. The Morgan fingerprint density at radius 2 is 2.04 bits per heavy atom. The summed E-state index contributed by atoms with van der Waals surface area (Å²) in [5.41, 5.74) is 9.06. The molecule has 1 atom stereocenters. The van der Waals surface area contributed by atoms with E-state index in [0.717, 1.165) is 0 Å². The Morgan fingerprint density at radius 3 is 2.74 bits per heavy atom. The molecular weight excluding hydrogens is 298 g/mol. The monoisotopic (exact) mass is 311 g/mol. The third kappa shape index (κ3) is 2.67. The second-order valence-corrected chi connectivity index (χ2v) is 5.39. The van der Waals surface area contributed by atoms with Gasteiger partial charge in [0, 0.05) is 35.9 Å². The first-order chi connectivity index (χ1) is 11.1. The summed E-state index contributed by atoms with van der Waals surface area (Å²) in [6.45, 7) is 0.712. The number of nitro groups is 1. The number of anilines is 1. The van der Waals surface area contributed by atoms with Gasteiger partial charge in [-0.05, 0) is 23.6 Å². The quantitative estimate of drug-likeness (QED) is 0.283. The fraction of sp³-hybridized carbons (Fsp3) is 0.267. The van der Waals surface area contributed by atoms with Crippen LogP contribution < -0.4 is 4.90 Å². The molecule has 23 heavy (non-hydrogen) atoms. The summed E-state index contributed by atoms with van der Waals surface area (Å²) in [7, 11) is 0. The highest BCUT2D eigenvalue weighted by molar-refractivity contribution is 6.07. The van der Waals surface area contributed by atoms with Crippen LogP contribution in [-0.2, 0) is 4.79 Å². The van der Waals surface area contributed by atoms with Crippen LogP contribution in [0.25, 0.3) is 21.2 Å². The third-order valence-corrected chi connectivity index (χ3v) is 3.97. The van der Waals surface area contributed by atoms with Crippen LogP contribution >= 0.6 is 0 Å². The first-order valence-electron chi connectivity index (χ1n) is 7.09. The SMILES string of the molecule is [N-]=[N+]=NCC1CC(=O)N(c2ccc([N+](=O)[O-])c3ccccc23)C1. The summed E-state index contributed by atoms with van der Waals surface area (Å²) in [6.07, 6.45) is 0.310. The number of rotatable bonds is 4. The predicted octanol–water partition coefficient (Wildman–Crippen LogP) is 3.41. The van der Waals surface area contributed by atoms with E-state index in [1.165, 1.54) is 6.07 Å². The van der Waals surface area contributed by atoms with Crippen LogP contribution in [0.4, 0.5) is 11.4 Å². The zero-order chi connectivity index (χ0) is 16.4. The van der Waals surface area contributed by atoms with Crippen molar-refractivity contribution in [2.24, 2.45) is 11.0 Å². The Balaban J connectivity index is 2.04. The lowest BCUT2D eigenvalue weighted by molar-refractivity contribution is -0.383. The fourth-order valence-electron chi connectivity index (χ4n) is 2.95. The maximum absolute atomic E-state index is 12.3. The molecule has 0 spiro atoms. The lowest BCUT2D eigenvalue weighted by atomic mass is 10.1. The number of benzene rings is 2. The maximum atomic E-state index is 12.3. The van der Waals surface area contributed by atoms with Gasteiger partial charge < -0.3 is 4.90 Å². The number of carbonyl (C=O) groups is 1. The van der Waals surface area contributed by atoms with Crippen LogP contribution in [0.5, 0.6) is 0 Å². The largest absolute Gasteiger partial charge is 0.311 e. The van der Waals surface area contributed by atoms with Crippen LogP contribution in [0.2, 0.25) is 0 Å². The lowest BCUT2D eigenvalue weighted by Gasteiger charge is -2.18. The van der Waals surface area contributed by atoms with E-state index in [1.54, 1.807) is 35.2 Å². The minimum atomic E-state index is -0.428. The number of hydrogen-bond acceptors (Lipinski definition) is 4. The van der Waals surface area contributed by atoms with Crippen molar-refractivity contribution in [2.75, 3.05) is 18.0 Å². The fourth-order valence-corrected chi connectivity index (χ4v) is 2.95. The highest BCUT2D eigenvalue weighted by Gasteiger charge is 2.31. The van der Waals surface area contributed by atoms with Gasteiger partial charge in [-0.1, -0.05) is 23.3 Å². The molecule has 8 heteroatoms. The molecule has 1 unspecified atom stereocenters. The number of nitro benzene ring substituents is 1. The molecule has 3 rings (SSSR count). The van der Waals surface area contributed by atoms with Gasteiger partial charge in [-0.25, -0.2) is 0 Å². The van der Waals surface area contributed by atoms with E-state index >= 15 is 0 Å². The summed E-state index contributed by atoms with van der Waals surface area (Å²) in [5.74, 6) is -0.102. The number of hydrogen-bond donors (Lipinski definition) is 0. The number of fused-ring (bicyclic) bond motifs is 1. The molecule has 1 fully saturated rings. The topological polar surface area (TPSA) is 112 Å². The molecular formula is C15H13N5O3. The molecule has 1 amide bonds. The van der Waals surface area contributed by atoms with Crippen molar-refractivity contribution in [3.05, 3.63) is 57.0 Å². The van der Waals surface area contributed by atoms with Crippen LogP contribution in [0, 0.1) is 16.0 Å². The molecule has 1 aliphatic rings. The van der Waals surface area contributed by atoms with Gasteiger partial charge in [0.15, 0.2) is 0 Å². The Hall–Kier alpha value is -3.12. The predicted molar refractivity (Wildman–Crippen MR) is 85.1 cm³/mol. The van der Waals surface area contributed by atoms with E-state index < -0.39 is 4.92 Å². The number of amides is 1. The van der Waals surface area contributed by atoms with Gasteiger partial charge >= 0.3 is 0 Å². The average Bonchev–Trinajstić information content (AvgIpc) is 2.92. The van der Waals surface area contributed by atoms with Crippen molar-refractivity contribution < 1.29 is 9.72 Å². The second-order valence-electron chi connectivity index (χ2n) is 5.39. The van der Waals surface area contributed by atoms with Crippen molar-refractivity contribution in [3.63, 3.8) is 0 Å². The molecule has 1 heterocycles. The van der Waals surface area contributed by atoms with E-state index in [4.69, 9.17) is 5.53 Å². The smallest absolute Gasteiger partial charge is 0.277 e. The van der Waals surface area contributed by atoms with Gasteiger partial charge in [0.1, 0.15) is 0 Å². The van der Waals surface area contributed by atoms with Crippen molar-refractivity contribution >= 4 is 28.1 Å².